The van der Waals surface area contributed by atoms with Crippen molar-refractivity contribution >= 4 is 6.03 Å². The summed E-state index contributed by atoms with van der Waals surface area (Å²) in [5.41, 5.74) is 0.854. The van der Waals surface area contributed by atoms with Crippen LogP contribution in [0, 0.1) is 0 Å². The van der Waals surface area contributed by atoms with Crippen molar-refractivity contribution in [1.29, 1.82) is 0 Å². The minimum absolute atomic E-state index is 0.0926. The number of urea groups is 1. The van der Waals surface area contributed by atoms with Crippen molar-refractivity contribution in [1.82, 2.24) is 10.2 Å². The molecule has 4 heteroatoms. The molecular formula is C14H22N2O2. The Kier molecular flexibility index (Phi) is 4.59. The number of carbonyl (C=O) groups excluding carboxylic acids is 1. The molecule has 1 rings (SSSR count). The van der Waals surface area contributed by atoms with Crippen LogP contribution in [0.1, 0.15) is 26.3 Å². The first kappa shape index (κ1) is 14.4. The number of benzene rings is 1. The summed E-state index contributed by atoms with van der Waals surface area (Å²) < 4.78 is 5.72. The standard InChI is InChI=1S/C14H22N2O2/c1-14(2,3)18-12-8-6-11(7-9-12)10-15-13(17)16(4)5/h6-9H,10H2,1-5H3,(H,15,17). The molecule has 0 bridgehead atoms. The molecule has 0 spiro atoms. The molecule has 0 atom stereocenters. The molecule has 0 aromatic heterocycles. The summed E-state index contributed by atoms with van der Waals surface area (Å²) in [6.07, 6.45) is 0. The molecule has 0 aliphatic carbocycles. The highest BCUT2D eigenvalue weighted by Gasteiger charge is 2.11. The third-order valence-electron chi connectivity index (χ3n) is 2.20. The summed E-state index contributed by atoms with van der Waals surface area (Å²) in [5, 5.41) is 2.81. The van der Waals surface area contributed by atoms with Crippen LogP contribution in [-0.2, 0) is 6.54 Å². The van der Waals surface area contributed by atoms with E-state index in [2.05, 4.69) is 5.32 Å². The molecule has 0 heterocycles. The summed E-state index contributed by atoms with van der Waals surface area (Å²) in [7, 11) is 3.44. The van der Waals surface area contributed by atoms with Gasteiger partial charge in [-0.25, -0.2) is 4.79 Å². The van der Waals surface area contributed by atoms with Crippen LogP contribution < -0.4 is 10.1 Å². The number of carbonyl (C=O) groups is 1. The van der Waals surface area contributed by atoms with E-state index >= 15 is 0 Å². The number of ether oxygens (including phenoxy) is 1. The van der Waals surface area contributed by atoms with Crippen LogP contribution in [-0.4, -0.2) is 30.6 Å². The van der Waals surface area contributed by atoms with Gasteiger partial charge in [-0.3, -0.25) is 0 Å². The van der Waals surface area contributed by atoms with E-state index in [1.165, 1.54) is 4.90 Å². The van der Waals surface area contributed by atoms with Crippen LogP contribution in [0.4, 0.5) is 4.79 Å². The molecular weight excluding hydrogens is 228 g/mol. The van der Waals surface area contributed by atoms with Crippen molar-refractivity contribution in [2.75, 3.05) is 14.1 Å². The largest absolute Gasteiger partial charge is 0.488 e. The quantitative estimate of drug-likeness (QED) is 0.896. The second-order valence-corrected chi connectivity index (χ2v) is 5.41. The van der Waals surface area contributed by atoms with E-state index in [-0.39, 0.29) is 11.6 Å². The molecule has 0 saturated carbocycles. The third-order valence-corrected chi connectivity index (χ3v) is 2.20. The maximum atomic E-state index is 11.4. The van der Waals surface area contributed by atoms with Gasteiger partial charge in [-0.15, -0.1) is 0 Å². The van der Waals surface area contributed by atoms with Crippen molar-refractivity contribution in [3.8, 4) is 5.75 Å². The average Bonchev–Trinajstić information content (AvgIpc) is 2.25. The second-order valence-electron chi connectivity index (χ2n) is 5.41. The summed E-state index contributed by atoms with van der Waals surface area (Å²) in [5.74, 6) is 0.838. The molecule has 2 amide bonds. The van der Waals surface area contributed by atoms with Crippen molar-refractivity contribution in [3.05, 3.63) is 29.8 Å². The van der Waals surface area contributed by atoms with Crippen LogP contribution in [0.2, 0.25) is 0 Å². The van der Waals surface area contributed by atoms with Gasteiger partial charge in [0.25, 0.3) is 0 Å². The maximum Gasteiger partial charge on any atom is 0.317 e. The maximum absolute atomic E-state index is 11.4. The van der Waals surface area contributed by atoms with Gasteiger partial charge >= 0.3 is 6.03 Å². The van der Waals surface area contributed by atoms with E-state index in [1.807, 2.05) is 45.0 Å². The van der Waals surface area contributed by atoms with Gasteiger partial charge in [0.05, 0.1) is 0 Å². The lowest BCUT2D eigenvalue weighted by Crippen LogP contribution is -2.33. The lowest BCUT2D eigenvalue weighted by atomic mass is 10.1. The van der Waals surface area contributed by atoms with Gasteiger partial charge in [0.15, 0.2) is 0 Å². The van der Waals surface area contributed by atoms with E-state index < -0.39 is 0 Å². The smallest absolute Gasteiger partial charge is 0.317 e. The molecule has 0 aliphatic heterocycles. The van der Waals surface area contributed by atoms with Gasteiger partial charge in [0, 0.05) is 20.6 Å². The zero-order chi connectivity index (χ0) is 13.8. The Bertz CT molecular complexity index is 391. The van der Waals surface area contributed by atoms with E-state index in [9.17, 15) is 4.79 Å². The van der Waals surface area contributed by atoms with Crippen LogP contribution in [0.3, 0.4) is 0 Å². The zero-order valence-corrected chi connectivity index (χ0v) is 11.8. The predicted molar refractivity (Wildman–Crippen MR) is 72.7 cm³/mol. The number of nitrogens with one attached hydrogen (secondary N) is 1. The molecule has 18 heavy (non-hydrogen) atoms. The van der Waals surface area contributed by atoms with Gasteiger partial charge < -0.3 is 15.0 Å². The van der Waals surface area contributed by atoms with Crippen molar-refractivity contribution in [2.45, 2.75) is 32.9 Å². The van der Waals surface area contributed by atoms with Gasteiger partial charge in [0.1, 0.15) is 11.4 Å². The first-order chi connectivity index (χ1) is 8.28. The molecule has 0 saturated heterocycles. The fourth-order valence-corrected chi connectivity index (χ4v) is 1.36. The monoisotopic (exact) mass is 250 g/mol. The predicted octanol–water partition coefficient (Wildman–Crippen LogP) is 2.64. The normalized spacial score (nSPS) is 10.9. The lowest BCUT2D eigenvalue weighted by Gasteiger charge is -2.21. The fourth-order valence-electron chi connectivity index (χ4n) is 1.36. The van der Waals surface area contributed by atoms with Crippen LogP contribution in [0.15, 0.2) is 24.3 Å². The molecule has 4 nitrogen and oxygen atoms in total. The zero-order valence-electron chi connectivity index (χ0n) is 11.8. The summed E-state index contributed by atoms with van der Waals surface area (Å²) in [6.45, 7) is 6.56. The first-order valence-corrected chi connectivity index (χ1v) is 6.01. The van der Waals surface area contributed by atoms with E-state index in [0.29, 0.717) is 6.54 Å². The van der Waals surface area contributed by atoms with Crippen LogP contribution in [0.5, 0.6) is 5.75 Å². The summed E-state index contributed by atoms with van der Waals surface area (Å²) in [4.78, 5) is 12.9. The van der Waals surface area contributed by atoms with Crippen molar-refractivity contribution in [2.24, 2.45) is 0 Å². The molecule has 1 aromatic rings. The Labute approximate surface area is 109 Å². The number of rotatable bonds is 3. The molecule has 0 radical (unpaired) electrons. The molecule has 100 valence electrons. The highest BCUT2D eigenvalue weighted by atomic mass is 16.5. The molecule has 0 unspecified atom stereocenters. The molecule has 1 aromatic carbocycles. The third kappa shape index (κ3) is 5.08. The second kappa shape index (κ2) is 5.76. The molecule has 0 aliphatic rings. The van der Waals surface area contributed by atoms with E-state index in [0.717, 1.165) is 11.3 Å². The Morgan fingerprint density at radius 3 is 2.22 bits per heavy atom. The van der Waals surface area contributed by atoms with Crippen LogP contribution in [0.25, 0.3) is 0 Å². The highest BCUT2D eigenvalue weighted by molar-refractivity contribution is 5.73. The number of nitrogens with zero attached hydrogens (tertiary/aromatic N) is 1. The Hall–Kier alpha value is -1.71. The minimum atomic E-state index is -0.194. The number of hydrogen-bond donors (Lipinski definition) is 1. The number of amides is 2. The van der Waals surface area contributed by atoms with Crippen LogP contribution >= 0.6 is 0 Å². The number of hydrogen-bond acceptors (Lipinski definition) is 2. The van der Waals surface area contributed by atoms with Gasteiger partial charge in [-0.05, 0) is 38.5 Å². The Balaban J connectivity index is 2.53. The molecule has 0 fully saturated rings. The minimum Gasteiger partial charge on any atom is -0.488 e. The average molecular weight is 250 g/mol. The SMILES string of the molecule is CN(C)C(=O)NCc1ccc(OC(C)(C)C)cc1. The van der Waals surface area contributed by atoms with E-state index in [4.69, 9.17) is 4.74 Å². The van der Waals surface area contributed by atoms with Crippen molar-refractivity contribution < 1.29 is 9.53 Å². The summed E-state index contributed by atoms with van der Waals surface area (Å²) in [6, 6.07) is 7.66. The first-order valence-electron chi connectivity index (χ1n) is 6.01. The van der Waals surface area contributed by atoms with Gasteiger partial charge in [-0.2, -0.15) is 0 Å². The lowest BCUT2D eigenvalue weighted by molar-refractivity contribution is 0.131. The van der Waals surface area contributed by atoms with Crippen molar-refractivity contribution in [3.63, 3.8) is 0 Å². The molecule has 1 N–H and O–H groups in total. The Morgan fingerprint density at radius 2 is 1.78 bits per heavy atom. The fraction of sp³-hybridized carbons (Fsp3) is 0.500. The highest BCUT2D eigenvalue weighted by Crippen LogP contribution is 2.18. The Morgan fingerprint density at radius 1 is 1.22 bits per heavy atom. The summed E-state index contributed by atoms with van der Waals surface area (Å²) >= 11 is 0. The van der Waals surface area contributed by atoms with Gasteiger partial charge in [-0.1, -0.05) is 12.1 Å². The van der Waals surface area contributed by atoms with Gasteiger partial charge in [0.2, 0.25) is 0 Å². The topological polar surface area (TPSA) is 41.6 Å². The van der Waals surface area contributed by atoms with E-state index in [1.54, 1.807) is 14.1 Å².